The van der Waals surface area contributed by atoms with Crippen molar-refractivity contribution in [2.24, 2.45) is 7.05 Å². The Morgan fingerprint density at radius 1 is 1.15 bits per heavy atom. The van der Waals surface area contributed by atoms with E-state index in [1.807, 2.05) is 74.0 Å². The summed E-state index contributed by atoms with van der Waals surface area (Å²) in [7, 11) is 3.54. The molecule has 1 heterocycles. The Hall–Kier alpha value is -2.60. The fourth-order valence-corrected chi connectivity index (χ4v) is 3.49. The summed E-state index contributed by atoms with van der Waals surface area (Å²) in [5, 5.41) is 9.00. The van der Waals surface area contributed by atoms with Crippen LogP contribution in [0.1, 0.15) is 22.8 Å². The zero-order chi connectivity index (χ0) is 18.7. The maximum Gasteiger partial charge on any atom is 0.191 e. The second-order valence-electron chi connectivity index (χ2n) is 6.09. The van der Waals surface area contributed by atoms with Gasteiger partial charge < -0.3 is 9.30 Å². The quantitative estimate of drug-likeness (QED) is 0.484. The molecule has 134 valence electrons. The second-order valence-corrected chi connectivity index (χ2v) is 7.40. The maximum atomic E-state index is 12.6. The van der Waals surface area contributed by atoms with Gasteiger partial charge in [-0.25, -0.2) is 0 Å². The van der Waals surface area contributed by atoms with Crippen molar-refractivity contribution in [3.8, 4) is 17.1 Å². The zero-order valence-corrected chi connectivity index (χ0v) is 16.1. The Balaban J connectivity index is 1.79. The van der Waals surface area contributed by atoms with E-state index in [4.69, 9.17) is 4.74 Å². The van der Waals surface area contributed by atoms with Crippen LogP contribution in [0.4, 0.5) is 0 Å². The minimum absolute atomic E-state index is 0.0842. The van der Waals surface area contributed by atoms with E-state index < -0.39 is 0 Å². The largest absolute Gasteiger partial charge is 0.497 e. The van der Waals surface area contributed by atoms with Gasteiger partial charge in [0.05, 0.1) is 12.4 Å². The number of carbonyl (C=O) groups is 1. The summed E-state index contributed by atoms with van der Waals surface area (Å²) in [5.74, 6) is 1.59. The van der Waals surface area contributed by atoms with Crippen molar-refractivity contribution < 1.29 is 9.53 Å². The number of ether oxygens (including phenoxy) is 1. The molecule has 0 radical (unpaired) electrons. The van der Waals surface area contributed by atoms with Gasteiger partial charge >= 0.3 is 0 Å². The fourth-order valence-electron chi connectivity index (χ4n) is 2.60. The molecular formula is C20H21N3O2S. The first-order valence-electron chi connectivity index (χ1n) is 8.31. The Morgan fingerprint density at radius 3 is 2.58 bits per heavy atom. The average Bonchev–Trinajstić information content (AvgIpc) is 3.02. The first kappa shape index (κ1) is 18.2. The molecule has 0 bridgehead atoms. The number of aromatic nitrogens is 3. The van der Waals surface area contributed by atoms with Gasteiger partial charge in [-0.2, -0.15) is 0 Å². The van der Waals surface area contributed by atoms with Crippen LogP contribution in [-0.4, -0.2) is 32.9 Å². The number of ketones is 1. The maximum absolute atomic E-state index is 12.6. The van der Waals surface area contributed by atoms with Crippen LogP contribution in [0.5, 0.6) is 5.75 Å². The lowest BCUT2D eigenvalue weighted by Gasteiger charge is -2.10. The van der Waals surface area contributed by atoms with E-state index in [1.165, 1.54) is 11.8 Å². The van der Waals surface area contributed by atoms with Gasteiger partial charge in [0.1, 0.15) is 5.75 Å². The van der Waals surface area contributed by atoms with Crippen LogP contribution in [0.15, 0.2) is 53.7 Å². The van der Waals surface area contributed by atoms with Gasteiger partial charge in [-0.1, -0.05) is 53.7 Å². The number of hydrogen-bond acceptors (Lipinski definition) is 5. The smallest absolute Gasteiger partial charge is 0.191 e. The topological polar surface area (TPSA) is 57.0 Å². The number of methoxy groups -OCH3 is 1. The number of benzene rings is 2. The molecule has 6 heteroatoms. The molecule has 0 N–H and O–H groups in total. The van der Waals surface area contributed by atoms with Crippen LogP contribution in [0.3, 0.4) is 0 Å². The molecule has 3 rings (SSSR count). The third kappa shape index (κ3) is 3.80. The van der Waals surface area contributed by atoms with Gasteiger partial charge in [0.25, 0.3) is 0 Å². The molecule has 2 aromatic carbocycles. The lowest BCUT2D eigenvalue weighted by molar-refractivity contribution is 0.0994. The number of rotatable bonds is 6. The molecule has 3 aromatic rings. The normalized spacial score (nSPS) is 12.0. The summed E-state index contributed by atoms with van der Waals surface area (Å²) >= 11 is 1.41. The van der Waals surface area contributed by atoms with Crippen LogP contribution in [0.2, 0.25) is 0 Å². The fraction of sp³-hybridized carbons (Fsp3) is 0.250. The van der Waals surface area contributed by atoms with E-state index in [0.717, 1.165) is 22.7 Å². The molecule has 0 amide bonds. The van der Waals surface area contributed by atoms with Crippen molar-refractivity contribution in [1.29, 1.82) is 0 Å². The van der Waals surface area contributed by atoms with E-state index in [1.54, 1.807) is 7.11 Å². The first-order chi connectivity index (χ1) is 12.5. The van der Waals surface area contributed by atoms with E-state index in [0.29, 0.717) is 10.7 Å². The Labute approximate surface area is 157 Å². The monoisotopic (exact) mass is 367 g/mol. The molecule has 5 nitrogen and oxygen atoms in total. The number of aryl methyl sites for hydroxylation is 1. The van der Waals surface area contributed by atoms with Crippen LogP contribution in [-0.2, 0) is 7.05 Å². The summed E-state index contributed by atoms with van der Waals surface area (Å²) < 4.78 is 7.17. The molecule has 0 aliphatic heterocycles. The van der Waals surface area contributed by atoms with Crippen LogP contribution < -0.4 is 4.74 Å². The highest BCUT2D eigenvalue weighted by molar-refractivity contribution is 8.00. The van der Waals surface area contributed by atoms with Crippen molar-refractivity contribution in [2.45, 2.75) is 24.3 Å². The average molecular weight is 367 g/mol. The zero-order valence-electron chi connectivity index (χ0n) is 15.3. The van der Waals surface area contributed by atoms with Crippen molar-refractivity contribution in [1.82, 2.24) is 14.8 Å². The van der Waals surface area contributed by atoms with E-state index >= 15 is 0 Å². The van der Waals surface area contributed by atoms with Gasteiger partial charge in [0.15, 0.2) is 16.8 Å². The van der Waals surface area contributed by atoms with Crippen molar-refractivity contribution in [3.05, 3.63) is 59.7 Å². The third-order valence-corrected chi connectivity index (χ3v) is 5.28. The number of Topliss-reactive ketones (excluding diaryl/α,β-unsaturated/α-hetero) is 1. The van der Waals surface area contributed by atoms with Crippen molar-refractivity contribution >= 4 is 17.5 Å². The van der Waals surface area contributed by atoms with Crippen molar-refractivity contribution in [3.63, 3.8) is 0 Å². The molecule has 0 unspecified atom stereocenters. The number of nitrogens with zero attached hydrogens (tertiary/aromatic N) is 3. The highest BCUT2D eigenvalue weighted by Gasteiger charge is 2.20. The molecular weight excluding hydrogens is 346 g/mol. The van der Waals surface area contributed by atoms with Gasteiger partial charge in [-0.05, 0) is 26.0 Å². The molecule has 0 aliphatic rings. The summed E-state index contributed by atoms with van der Waals surface area (Å²) in [5.41, 5.74) is 2.77. The standard InChI is InChI=1S/C20H21N3O2S/c1-13-8-10-15(11-9-13)18(24)14(2)26-20-22-21-19(23(20)3)16-6-5-7-17(12-16)25-4/h5-12,14H,1-4H3/t14-/m0/s1. The Bertz CT molecular complexity index is 919. The highest BCUT2D eigenvalue weighted by Crippen LogP contribution is 2.28. The van der Waals surface area contributed by atoms with E-state index in [-0.39, 0.29) is 11.0 Å². The van der Waals surface area contributed by atoms with Crippen molar-refractivity contribution in [2.75, 3.05) is 7.11 Å². The molecule has 0 aliphatic carbocycles. The number of thioether (sulfide) groups is 1. The second kappa shape index (κ2) is 7.74. The first-order valence-corrected chi connectivity index (χ1v) is 9.19. The van der Waals surface area contributed by atoms with Crippen LogP contribution in [0.25, 0.3) is 11.4 Å². The van der Waals surface area contributed by atoms with Crippen LogP contribution >= 0.6 is 11.8 Å². The minimum Gasteiger partial charge on any atom is -0.497 e. The molecule has 1 atom stereocenters. The predicted molar refractivity (Wildman–Crippen MR) is 104 cm³/mol. The van der Waals surface area contributed by atoms with Gasteiger partial charge in [0, 0.05) is 18.2 Å². The Kier molecular flexibility index (Phi) is 5.42. The SMILES string of the molecule is COc1cccc(-c2nnc(S[C@@H](C)C(=O)c3ccc(C)cc3)n2C)c1. The molecule has 1 aromatic heterocycles. The summed E-state index contributed by atoms with van der Waals surface area (Å²) in [6.45, 7) is 3.90. The van der Waals surface area contributed by atoms with E-state index in [2.05, 4.69) is 10.2 Å². The van der Waals surface area contributed by atoms with E-state index in [9.17, 15) is 4.79 Å². The summed E-state index contributed by atoms with van der Waals surface area (Å²) in [4.78, 5) is 12.6. The molecule has 0 fully saturated rings. The highest BCUT2D eigenvalue weighted by atomic mass is 32.2. The minimum atomic E-state index is -0.251. The third-order valence-electron chi connectivity index (χ3n) is 4.15. The number of hydrogen-bond donors (Lipinski definition) is 0. The molecule has 0 spiro atoms. The predicted octanol–water partition coefficient (Wildman–Crippen LogP) is 4.16. The van der Waals surface area contributed by atoms with Gasteiger partial charge in [-0.15, -0.1) is 10.2 Å². The molecule has 0 saturated carbocycles. The summed E-state index contributed by atoms with van der Waals surface area (Å²) in [6, 6.07) is 15.3. The van der Waals surface area contributed by atoms with Crippen LogP contribution in [0, 0.1) is 6.92 Å². The Morgan fingerprint density at radius 2 is 1.88 bits per heavy atom. The lowest BCUT2D eigenvalue weighted by atomic mass is 10.1. The van der Waals surface area contributed by atoms with Gasteiger partial charge in [0.2, 0.25) is 0 Å². The molecule has 0 saturated heterocycles. The van der Waals surface area contributed by atoms with Gasteiger partial charge in [-0.3, -0.25) is 4.79 Å². The lowest BCUT2D eigenvalue weighted by Crippen LogP contribution is -2.14. The number of carbonyl (C=O) groups excluding carboxylic acids is 1. The summed E-state index contributed by atoms with van der Waals surface area (Å²) in [6.07, 6.45) is 0. The molecule has 26 heavy (non-hydrogen) atoms.